The lowest BCUT2D eigenvalue weighted by molar-refractivity contribution is -0.135. The van der Waals surface area contributed by atoms with Gasteiger partial charge in [-0.2, -0.15) is 0 Å². The van der Waals surface area contributed by atoms with E-state index in [0.717, 1.165) is 19.6 Å². The van der Waals surface area contributed by atoms with E-state index in [9.17, 15) is 9.59 Å². The van der Waals surface area contributed by atoms with Gasteiger partial charge >= 0.3 is 0 Å². The molecule has 16 heavy (non-hydrogen) atoms. The predicted octanol–water partition coefficient (Wildman–Crippen LogP) is -0.325. The van der Waals surface area contributed by atoms with E-state index in [4.69, 9.17) is 0 Å². The molecule has 0 radical (unpaired) electrons. The molecule has 0 bridgehead atoms. The number of likely N-dealkylation sites (N-methyl/N-ethyl adjacent to an activating group) is 1. The number of hydrogen-bond acceptors (Lipinski definition) is 3. The molecule has 5 heteroatoms. The zero-order valence-electron chi connectivity index (χ0n) is 10.3. The summed E-state index contributed by atoms with van der Waals surface area (Å²) in [5, 5.41) is 2.64. The van der Waals surface area contributed by atoms with Gasteiger partial charge in [-0.3, -0.25) is 9.59 Å². The van der Waals surface area contributed by atoms with Gasteiger partial charge in [-0.1, -0.05) is 0 Å². The molecule has 0 aliphatic carbocycles. The average Bonchev–Trinajstić information content (AvgIpc) is 2.16. The molecular weight excluding hydrogens is 206 g/mol. The van der Waals surface area contributed by atoms with Crippen molar-refractivity contribution in [2.75, 3.05) is 33.2 Å². The van der Waals surface area contributed by atoms with Gasteiger partial charge in [0.25, 0.3) is 0 Å². The zero-order valence-corrected chi connectivity index (χ0v) is 10.3. The Bertz CT molecular complexity index is 268. The molecule has 0 aromatic rings. The molecule has 0 aromatic carbocycles. The second kappa shape index (κ2) is 5.84. The van der Waals surface area contributed by atoms with Crippen molar-refractivity contribution >= 4 is 11.8 Å². The Morgan fingerprint density at radius 2 is 2.06 bits per heavy atom. The molecule has 1 fully saturated rings. The normalized spacial score (nSPS) is 21.9. The number of piperazine rings is 1. The second-order valence-electron chi connectivity index (χ2n) is 4.43. The van der Waals surface area contributed by atoms with Crippen LogP contribution in [0.1, 0.15) is 20.3 Å². The van der Waals surface area contributed by atoms with E-state index < -0.39 is 0 Å². The molecule has 1 saturated heterocycles. The van der Waals surface area contributed by atoms with Gasteiger partial charge in [0.15, 0.2) is 0 Å². The zero-order chi connectivity index (χ0) is 12.1. The Kier molecular flexibility index (Phi) is 4.73. The molecule has 0 spiro atoms. The number of rotatable bonds is 3. The molecule has 0 saturated carbocycles. The smallest absolute Gasteiger partial charge is 0.224 e. The number of nitrogens with zero attached hydrogens (tertiary/aromatic N) is 2. The van der Waals surface area contributed by atoms with Crippen LogP contribution in [0.4, 0.5) is 0 Å². The highest BCUT2D eigenvalue weighted by Gasteiger charge is 2.24. The van der Waals surface area contributed by atoms with Crippen molar-refractivity contribution in [3.05, 3.63) is 0 Å². The topological polar surface area (TPSA) is 52.7 Å². The van der Waals surface area contributed by atoms with Crippen LogP contribution in [0.25, 0.3) is 0 Å². The third-order valence-corrected chi connectivity index (χ3v) is 2.86. The quantitative estimate of drug-likeness (QED) is 0.718. The van der Waals surface area contributed by atoms with Crippen molar-refractivity contribution in [3.63, 3.8) is 0 Å². The van der Waals surface area contributed by atoms with Crippen LogP contribution in [-0.4, -0.2) is 60.9 Å². The van der Waals surface area contributed by atoms with Gasteiger partial charge < -0.3 is 15.1 Å². The first-order chi connectivity index (χ1) is 7.50. The fraction of sp³-hybridized carbons (Fsp3) is 0.818. The van der Waals surface area contributed by atoms with E-state index in [2.05, 4.69) is 24.2 Å². The summed E-state index contributed by atoms with van der Waals surface area (Å²) in [7, 11) is 2.07. The fourth-order valence-corrected chi connectivity index (χ4v) is 2.00. The van der Waals surface area contributed by atoms with E-state index in [0.29, 0.717) is 13.0 Å². The Balaban J connectivity index is 2.33. The highest BCUT2D eigenvalue weighted by atomic mass is 16.2. The molecule has 1 heterocycles. The summed E-state index contributed by atoms with van der Waals surface area (Å²) in [5.41, 5.74) is 0. The van der Waals surface area contributed by atoms with E-state index >= 15 is 0 Å². The minimum atomic E-state index is -0.0841. The molecule has 92 valence electrons. The Morgan fingerprint density at radius 3 is 2.62 bits per heavy atom. The van der Waals surface area contributed by atoms with Crippen molar-refractivity contribution in [1.82, 2.24) is 15.1 Å². The second-order valence-corrected chi connectivity index (χ2v) is 4.43. The van der Waals surface area contributed by atoms with Crippen LogP contribution in [0.2, 0.25) is 0 Å². The fourth-order valence-electron chi connectivity index (χ4n) is 2.00. The van der Waals surface area contributed by atoms with Crippen molar-refractivity contribution in [2.24, 2.45) is 0 Å². The average molecular weight is 227 g/mol. The lowest BCUT2D eigenvalue weighted by Crippen LogP contribution is -2.53. The number of nitrogens with one attached hydrogen (secondary N) is 1. The number of hydrogen-bond donors (Lipinski definition) is 1. The summed E-state index contributed by atoms with van der Waals surface area (Å²) in [6.45, 7) is 6.60. The summed E-state index contributed by atoms with van der Waals surface area (Å²) in [6, 6.07) is 0.267. The minimum Gasteiger partial charge on any atom is -0.356 e. The van der Waals surface area contributed by atoms with Crippen molar-refractivity contribution in [2.45, 2.75) is 26.3 Å². The van der Waals surface area contributed by atoms with Gasteiger partial charge in [-0.15, -0.1) is 0 Å². The van der Waals surface area contributed by atoms with Crippen LogP contribution in [0.15, 0.2) is 0 Å². The number of carbonyl (C=O) groups is 2. The number of carbonyl (C=O) groups excluding carboxylic acids is 2. The van der Waals surface area contributed by atoms with Crippen molar-refractivity contribution in [1.29, 1.82) is 0 Å². The highest BCUT2D eigenvalue weighted by Crippen LogP contribution is 2.09. The highest BCUT2D eigenvalue weighted by molar-refractivity contribution is 5.78. The maximum absolute atomic E-state index is 11.9. The molecule has 0 aromatic heterocycles. The molecule has 1 aliphatic heterocycles. The summed E-state index contributed by atoms with van der Waals surface area (Å²) < 4.78 is 0. The van der Waals surface area contributed by atoms with E-state index in [1.165, 1.54) is 6.92 Å². The third-order valence-electron chi connectivity index (χ3n) is 2.86. The number of amides is 2. The standard InChI is InChI=1S/C11H21N3O2/c1-9-8-13(3)6-7-14(9)11(16)4-5-12-10(2)15/h9H,4-8H2,1-3H3,(H,12,15). The predicted molar refractivity (Wildman–Crippen MR) is 62.0 cm³/mol. The first kappa shape index (κ1) is 13.0. The molecule has 1 aliphatic rings. The summed E-state index contributed by atoms with van der Waals surface area (Å²) in [6.07, 6.45) is 0.396. The maximum atomic E-state index is 11.9. The van der Waals surface area contributed by atoms with Crippen LogP contribution in [0, 0.1) is 0 Å². The summed E-state index contributed by atoms with van der Waals surface area (Å²) in [4.78, 5) is 26.6. The van der Waals surface area contributed by atoms with Gasteiger partial charge in [0.05, 0.1) is 0 Å². The van der Waals surface area contributed by atoms with E-state index in [-0.39, 0.29) is 17.9 Å². The van der Waals surface area contributed by atoms with Crippen molar-refractivity contribution in [3.8, 4) is 0 Å². The minimum absolute atomic E-state index is 0.0841. The monoisotopic (exact) mass is 227 g/mol. The van der Waals surface area contributed by atoms with E-state index in [1.54, 1.807) is 0 Å². The lowest BCUT2D eigenvalue weighted by atomic mass is 10.2. The third kappa shape index (κ3) is 3.81. The van der Waals surface area contributed by atoms with Crippen molar-refractivity contribution < 1.29 is 9.59 Å². The summed E-state index contributed by atoms with van der Waals surface area (Å²) >= 11 is 0. The van der Waals surface area contributed by atoms with Gasteiger partial charge in [-0.25, -0.2) is 0 Å². The van der Waals surface area contributed by atoms with Gasteiger partial charge in [-0.05, 0) is 14.0 Å². The first-order valence-electron chi connectivity index (χ1n) is 5.73. The van der Waals surface area contributed by atoms with Gasteiger partial charge in [0.1, 0.15) is 0 Å². The molecule has 1 rings (SSSR count). The van der Waals surface area contributed by atoms with Crippen LogP contribution >= 0.6 is 0 Å². The van der Waals surface area contributed by atoms with E-state index in [1.807, 2.05) is 4.90 Å². The molecule has 1 unspecified atom stereocenters. The Labute approximate surface area is 96.8 Å². The SMILES string of the molecule is CC(=O)NCCC(=O)N1CCN(C)CC1C. The van der Waals surface area contributed by atoms with Crippen LogP contribution in [-0.2, 0) is 9.59 Å². The van der Waals surface area contributed by atoms with Gasteiger partial charge in [0, 0.05) is 45.6 Å². The maximum Gasteiger partial charge on any atom is 0.224 e. The molecule has 1 N–H and O–H groups in total. The largest absolute Gasteiger partial charge is 0.356 e. The van der Waals surface area contributed by atoms with Crippen LogP contribution in [0.5, 0.6) is 0 Å². The molecular formula is C11H21N3O2. The molecule has 1 atom stereocenters. The van der Waals surface area contributed by atoms with Gasteiger partial charge in [0.2, 0.25) is 11.8 Å². The first-order valence-corrected chi connectivity index (χ1v) is 5.73. The Hall–Kier alpha value is -1.10. The molecule has 2 amide bonds. The van der Waals surface area contributed by atoms with Crippen LogP contribution in [0.3, 0.4) is 0 Å². The summed E-state index contributed by atoms with van der Waals surface area (Å²) in [5.74, 6) is 0.0496. The molecule has 5 nitrogen and oxygen atoms in total. The van der Waals surface area contributed by atoms with Crippen LogP contribution < -0.4 is 5.32 Å². The Morgan fingerprint density at radius 1 is 1.38 bits per heavy atom. The lowest BCUT2D eigenvalue weighted by Gasteiger charge is -2.38.